The van der Waals surface area contributed by atoms with Crippen molar-refractivity contribution in [3.05, 3.63) is 45.2 Å². The van der Waals surface area contributed by atoms with Crippen LogP contribution < -0.4 is 44.2 Å². The fraction of sp³-hybridized carbons (Fsp3) is 0.667. The average Bonchev–Trinajstić information content (AvgIpc) is 1.02. The first-order valence-corrected chi connectivity index (χ1v) is 36.3. The maximum atomic E-state index is 11.8. The first-order valence-electron chi connectivity index (χ1n) is 35.4. The molecule has 0 spiro atoms. The molecular formula is C72H116N18O6S. The molecule has 4 atom stereocenters. The van der Waals surface area contributed by atoms with Crippen molar-refractivity contribution >= 4 is 104 Å². The molecular weight excluding hydrogens is 1240 g/mol. The van der Waals surface area contributed by atoms with Crippen LogP contribution in [0.25, 0.3) is 10.2 Å². The number of nitrogens with zero attached hydrogens (tertiary/aromatic N) is 10. The third kappa shape index (κ3) is 25.9. The van der Waals surface area contributed by atoms with Crippen LogP contribution >= 0.6 is 11.3 Å². The predicted molar refractivity (Wildman–Crippen MR) is 393 cm³/mol. The first kappa shape index (κ1) is 80.0. The molecule has 2 amide bonds. The molecule has 0 aromatic carbocycles. The van der Waals surface area contributed by atoms with Gasteiger partial charge >= 0.3 is 0 Å². The van der Waals surface area contributed by atoms with Crippen molar-refractivity contribution in [3.8, 4) is 0 Å². The number of aromatic nitrogens is 8. The van der Waals surface area contributed by atoms with Crippen molar-refractivity contribution in [2.45, 2.75) is 299 Å². The van der Waals surface area contributed by atoms with Gasteiger partial charge < -0.3 is 73.2 Å². The van der Waals surface area contributed by atoms with Crippen LogP contribution in [0.15, 0.2) is 11.4 Å². The van der Waals surface area contributed by atoms with Crippen LogP contribution in [0.1, 0.15) is 272 Å². The summed E-state index contributed by atoms with van der Waals surface area (Å²) in [4.78, 5) is 108. The van der Waals surface area contributed by atoms with E-state index in [1.165, 1.54) is 18.4 Å². The number of unbranched alkanes of at least 4 members (excludes halogenated alkanes) is 4. The number of anilines is 8. The number of nitrogen functional groups attached to an aromatic ring is 4. The molecule has 24 nitrogen and oxygen atoms in total. The standard InChI is InChI=1S/2C19H31N5O2.C18H30N4O.C16H24N4OS/c1-5-6-9-19(4,10-7-13(2)25)23-17-15-12-24(14(3)26)11-8-16(15)21-18(20)22-17;1-5-6-9-19(4,10-7-13(2)25)23-17-15-8-11-24(14(3)26)12-16(15)21-18(20)22-17;1-4-5-11-18(3,12-10-13(2)23)22-16-14-8-6-7-9-15(14)20-17(19)21-16;1-4-5-8-16(3,9-6-11(2)21)20-14-13-12(7-10-22-13)18-15(17)19-14/h2*5-12H2,1-4H3,(H3,20,21,22,23);4-12H2,1-3H3,(H3,19,20,21,22);7,10H,4-6,8-9H2,1-3H3,(H3,17,18,19,20)/t2*19-;18-;16-/m1111/s1. The number of nitrogens with one attached hydrogen (secondary N) is 4. The number of nitrogens with two attached hydrogens (primary N) is 4. The lowest BCUT2D eigenvalue weighted by Crippen LogP contribution is -2.39. The first-order chi connectivity index (χ1) is 45.8. The Bertz CT molecular complexity index is 3460. The molecule has 0 saturated heterocycles. The van der Waals surface area contributed by atoms with E-state index in [-0.39, 0.29) is 74.9 Å². The normalized spacial score (nSPS) is 15.6. The molecule has 5 aromatic heterocycles. The van der Waals surface area contributed by atoms with Crippen LogP contribution in [0.5, 0.6) is 0 Å². The number of thiophene rings is 1. The summed E-state index contributed by atoms with van der Waals surface area (Å²) in [6, 6.07) is 1.95. The van der Waals surface area contributed by atoms with Crippen molar-refractivity contribution in [3.63, 3.8) is 0 Å². The molecule has 0 radical (unpaired) electrons. The number of carbonyl (C=O) groups excluding carboxylic acids is 6. The highest BCUT2D eigenvalue weighted by atomic mass is 32.1. The van der Waals surface area contributed by atoms with E-state index in [0.717, 1.165) is 171 Å². The molecule has 97 heavy (non-hydrogen) atoms. The number of aryl methyl sites for hydroxylation is 1. The summed E-state index contributed by atoms with van der Waals surface area (Å²) >= 11 is 1.60. The molecule has 2 aliphatic heterocycles. The van der Waals surface area contributed by atoms with Gasteiger partial charge in [-0.05, 0) is 150 Å². The maximum absolute atomic E-state index is 11.8. The molecule has 5 aromatic rings. The van der Waals surface area contributed by atoms with Crippen LogP contribution in [0.3, 0.4) is 0 Å². The molecule has 8 rings (SSSR count). The number of fused-ring (bicyclic) bond motifs is 4. The summed E-state index contributed by atoms with van der Waals surface area (Å²) in [6.07, 6.45) is 23.7. The second kappa shape index (κ2) is 37.9. The monoisotopic (exact) mass is 1360 g/mol. The molecule has 25 heteroatoms. The van der Waals surface area contributed by atoms with Crippen molar-refractivity contribution in [2.24, 2.45) is 0 Å². The Hall–Kier alpha value is -7.70. The highest BCUT2D eigenvalue weighted by Gasteiger charge is 2.33. The summed E-state index contributed by atoms with van der Waals surface area (Å²) in [5, 5.41) is 16.3. The lowest BCUT2D eigenvalue weighted by atomic mass is 9.88. The summed E-state index contributed by atoms with van der Waals surface area (Å²) < 4.78 is 1.01. The number of hydrogen-bond donors (Lipinski definition) is 8. The van der Waals surface area contributed by atoms with Gasteiger partial charge in [0.15, 0.2) is 0 Å². The SMILES string of the molecule is CCCC[C@](C)(CCC(C)=O)Nc1nc(N)nc2c1CCCC2.CCCC[C@](C)(CCC(C)=O)Nc1nc(N)nc2c1CCN(C(C)=O)C2.CCCC[C@](C)(CCC(C)=O)Nc1nc(N)nc2c1CN(C(C)=O)CC2.CCCC[C@](C)(CCC(C)=O)Nc1nc(N)nc2ccsc12. The minimum Gasteiger partial charge on any atom is -0.368 e. The van der Waals surface area contributed by atoms with Crippen LogP contribution in [-0.4, -0.2) is 120 Å². The number of hydrogen-bond acceptors (Lipinski definition) is 23. The quantitative estimate of drug-likeness (QED) is 0.0198. The van der Waals surface area contributed by atoms with E-state index in [1.807, 2.05) is 11.4 Å². The van der Waals surface area contributed by atoms with Crippen LogP contribution in [-0.2, 0) is 67.5 Å². The fourth-order valence-corrected chi connectivity index (χ4v) is 13.3. The maximum Gasteiger partial charge on any atom is 0.222 e. The third-order valence-electron chi connectivity index (χ3n) is 18.7. The topological polar surface area (TPSA) is 364 Å². The van der Waals surface area contributed by atoms with E-state index in [4.69, 9.17) is 22.9 Å². The molecule has 536 valence electrons. The number of rotatable bonds is 32. The minimum atomic E-state index is -0.255. The molecule has 7 heterocycles. The van der Waals surface area contributed by atoms with Gasteiger partial charge in [-0.1, -0.05) is 79.1 Å². The zero-order valence-electron chi connectivity index (χ0n) is 61.0. The fourth-order valence-electron chi connectivity index (χ4n) is 12.5. The molecule has 1 aliphatic carbocycles. The Morgan fingerprint density at radius 1 is 0.423 bits per heavy atom. The number of Topliss-reactive ketones (excluding diaryl/α,β-unsaturated/α-hetero) is 4. The van der Waals surface area contributed by atoms with E-state index in [9.17, 15) is 28.8 Å². The van der Waals surface area contributed by atoms with Gasteiger partial charge in [0, 0.05) is 97.9 Å². The Balaban J connectivity index is 0.000000234. The minimum absolute atomic E-state index is 0.0385. The number of ketones is 4. The molecule has 3 aliphatic rings. The van der Waals surface area contributed by atoms with Crippen molar-refractivity contribution in [1.82, 2.24) is 49.7 Å². The second-order valence-electron chi connectivity index (χ2n) is 28.2. The Kier molecular flexibility index (Phi) is 31.2. The molecule has 0 bridgehead atoms. The van der Waals surface area contributed by atoms with Gasteiger partial charge in [-0.15, -0.1) is 11.3 Å². The highest BCUT2D eigenvalue weighted by molar-refractivity contribution is 7.17. The number of amides is 2. The Morgan fingerprint density at radius 2 is 0.763 bits per heavy atom. The lowest BCUT2D eigenvalue weighted by Gasteiger charge is -2.35. The average molecular weight is 1360 g/mol. The van der Waals surface area contributed by atoms with Gasteiger partial charge in [0.25, 0.3) is 0 Å². The van der Waals surface area contributed by atoms with Crippen LogP contribution in [0.2, 0.25) is 0 Å². The van der Waals surface area contributed by atoms with Crippen molar-refractivity contribution in [1.29, 1.82) is 0 Å². The van der Waals surface area contributed by atoms with Crippen LogP contribution in [0.4, 0.5) is 47.1 Å². The summed E-state index contributed by atoms with van der Waals surface area (Å²) in [5.74, 6) is 5.08. The van der Waals surface area contributed by atoms with Gasteiger partial charge in [0.1, 0.15) is 46.4 Å². The number of carbonyl (C=O) groups is 6. The highest BCUT2D eigenvalue weighted by Crippen LogP contribution is 2.36. The van der Waals surface area contributed by atoms with E-state index in [1.54, 1.807) is 62.7 Å². The zero-order valence-corrected chi connectivity index (χ0v) is 61.8. The van der Waals surface area contributed by atoms with Gasteiger partial charge in [0.05, 0.1) is 40.4 Å². The van der Waals surface area contributed by atoms with Crippen LogP contribution in [0, 0.1) is 0 Å². The summed E-state index contributed by atoms with van der Waals surface area (Å²) in [6.45, 7) is 29.2. The zero-order chi connectivity index (χ0) is 71.7. The van der Waals surface area contributed by atoms with E-state index in [2.05, 4.69) is 117 Å². The summed E-state index contributed by atoms with van der Waals surface area (Å²) in [7, 11) is 0. The third-order valence-corrected chi connectivity index (χ3v) is 19.6. The van der Waals surface area contributed by atoms with Gasteiger partial charge in [-0.3, -0.25) is 9.59 Å². The predicted octanol–water partition coefficient (Wildman–Crippen LogP) is 13.1. The summed E-state index contributed by atoms with van der Waals surface area (Å²) in [5.41, 5.74) is 29.6. The van der Waals surface area contributed by atoms with Gasteiger partial charge in [0.2, 0.25) is 35.6 Å². The lowest BCUT2D eigenvalue weighted by molar-refractivity contribution is -0.130. The second-order valence-corrected chi connectivity index (χ2v) is 29.1. The molecule has 12 N–H and O–H groups in total. The van der Waals surface area contributed by atoms with Crippen molar-refractivity contribution < 1.29 is 28.8 Å². The largest absolute Gasteiger partial charge is 0.368 e. The van der Waals surface area contributed by atoms with E-state index >= 15 is 0 Å². The molecule has 0 unspecified atom stereocenters. The Morgan fingerprint density at radius 3 is 1.18 bits per heavy atom. The van der Waals surface area contributed by atoms with E-state index in [0.29, 0.717) is 76.5 Å². The van der Waals surface area contributed by atoms with Gasteiger partial charge in [-0.2, -0.15) is 19.9 Å². The Labute approximate surface area is 580 Å². The molecule has 0 saturated carbocycles. The van der Waals surface area contributed by atoms with Crippen molar-refractivity contribution in [2.75, 3.05) is 57.3 Å². The smallest absolute Gasteiger partial charge is 0.222 e. The molecule has 0 fully saturated rings. The van der Waals surface area contributed by atoms with Gasteiger partial charge in [-0.25, -0.2) is 19.9 Å². The van der Waals surface area contributed by atoms with E-state index < -0.39 is 0 Å².